The number of hydrogen-bond acceptors (Lipinski definition) is 1. The van der Waals surface area contributed by atoms with Gasteiger partial charge in [-0.15, -0.1) is 0 Å². The minimum Gasteiger partial charge on any atom is -0.312 e. The molecule has 1 atom stereocenters. The lowest BCUT2D eigenvalue weighted by molar-refractivity contribution is -0.567. The van der Waals surface area contributed by atoms with Gasteiger partial charge in [0.25, 0.3) is 0 Å². The quantitative estimate of drug-likeness (QED) is 0.170. The van der Waals surface area contributed by atoms with Crippen LogP contribution >= 0.6 is 0 Å². The molecular formula is C55H39N2+. The Hall–Kier alpha value is -7.13. The maximum absolute atomic E-state index is 8.60. The first-order valence-corrected chi connectivity index (χ1v) is 19.9. The molecule has 0 saturated heterocycles. The second kappa shape index (κ2) is 13.6. The lowest BCUT2D eigenvalue weighted by Crippen LogP contribution is -2.84. The van der Waals surface area contributed by atoms with Gasteiger partial charge in [-0.2, -0.15) is 0 Å². The Balaban J connectivity index is 1.07. The summed E-state index contributed by atoms with van der Waals surface area (Å²) < 4.78 is 0. The molecule has 0 saturated carbocycles. The summed E-state index contributed by atoms with van der Waals surface area (Å²) in [5, 5.41) is 20.9. The van der Waals surface area contributed by atoms with Gasteiger partial charge in [0.2, 0.25) is 0 Å². The minimum absolute atomic E-state index is 0.254. The number of nitrogens with two attached hydrogens (primary N) is 1. The zero-order valence-electron chi connectivity index (χ0n) is 31.4. The first-order valence-electron chi connectivity index (χ1n) is 19.9. The standard InChI is InChI=1S/C55H38N2/c56-52-20-10-9-19-49(52)55-48-18-8-5-15-44(48)51(34-57-55)38-25-21-37(22-26-38)41-29-30-47-50(33-41)54(43-28-24-36-12-2-4-14-40(36)32-43)46-17-7-6-16-45(46)53(47)42-27-23-35-11-1-3-13-39(35)31-42/h1-33,51,56-57H,34H2/p+1/b55-49-,56-52?. The largest absolute Gasteiger partial charge is 0.312 e. The van der Waals surface area contributed by atoms with Crippen LogP contribution in [0.3, 0.4) is 0 Å². The SMILES string of the molecule is N=C1C=CC=C/C1=C1/[NH2+]CC(c2ccc(-c3ccc4c(-c5ccc6ccccc6c5)c5ccccc5c(-c5ccc6ccccc6c5)c4c3)cc2)c2ccccc21. The van der Waals surface area contributed by atoms with E-state index in [2.05, 4.69) is 187 Å². The summed E-state index contributed by atoms with van der Waals surface area (Å²) in [5.41, 5.74) is 14.0. The molecule has 0 bridgehead atoms. The summed E-state index contributed by atoms with van der Waals surface area (Å²) in [6, 6.07) is 65.2. The van der Waals surface area contributed by atoms with Gasteiger partial charge in [0.05, 0.1) is 23.7 Å². The predicted octanol–water partition coefficient (Wildman–Crippen LogP) is 12.9. The molecule has 0 spiro atoms. The summed E-state index contributed by atoms with van der Waals surface area (Å²) in [5.74, 6) is 0.254. The van der Waals surface area contributed by atoms with Crippen LogP contribution in [0.2, 0.25) is 0 Å². The van der Waals surface area contributed by atoms with Crippen molar-refractivity contribution in [2.45, 2.75) is 5.92 Å². The number of benzene rings is 9. The third kappa shape index (κ3) is 5.65. The average Bonchev–Trinajstić information content (AvgIpc) is 3.27. The van der Waals surface area contributed by atoms with Gasteiger partial charge in [-0.3, -0.25) is 0 Å². The Labute approximate surface area is 332 Å². The average molecular weight is 728 g/mol. The molecule has 2 nitrogen and oxygen atoms in total. The first-order chi connectivity index (χ1) is 28.2. The van der Waals surface area contributed by atoms with E-state index in [0.717, 1.165) is 17.8 Å². The van der Waals surface area contributed by atoms with Gasteiger partial charge in [-0.25, -0.2) is 0 Å². The molecule has 0 fully saturated rings. The van der Waals surface area contributed by atoms with Gasteiger partial charge in [-0.1, -0.05) is 164 Å². The van der Waals surface area contributed by atoms with E-state index in [0.29, 0.717) is 5.71 Å². The fourth-order valence-corrected chi connectivity index (χ4v) is 9.38. The molecule has 1 heterocycles. The van der Waals surface area contributed by atoms with Crippen molar-refractivity contribution >= 4 is 54.5 Å². The van der Waals surface area contributed by atoms with Crippen molar-refractivity contribution in [2.24, 2.45) is 0 Å². The van der Waals surface area contributed by atoms with Crippen LogP contribution in [0.1, 0.15) is 22.6 Å². The van der Waals surface area contributed by atoms with Crippen molar-refractivity contribution in [3.63, 3.8) is 0 Å². The third-order valence-electron chi connectivity index (χ3n) is 12.1. The summed E-state index contributed by atoms with van der Waals surface area (Å²) in [7, 11) is 0. The molecule has 2 heteroatoms. The van der Waals surface area contributed by atoms with E-state index in [9.17, 15) is 0 Å². The number of nitrogens with one attached hydrogen (secondary N) is 1. The zero-order chi connectivity index (χ0) is 37.9. The molecule has 9 aromatic carbocycles. The van der Waals surface area contributed by atoms with Crippen molar-refractivity contribution < 1.29 is 5.32 Å². The summed E-state index contributed by atoms with van der Waals surface area (Å²) in [4.78, 5) is 0. The van der Waals surface area contributed by atoms with Crippen molar-refractivity contribution in [1.29, 1.82) is 5.41 Å². The fraction of sp³-hybridized carbons (Fsp3) is 0.0364. The van der Waals surface area contributed by atoms with E-state index < -0.39 is 0 Å². The Kier molecular flexibility index (Phi) is 7.91. The van der Waals surface area contributed by atoms with Gasteiger partial charge in [-0.05, 0) is 124 Å². The normalized spacial score (nSPS) is 16.5. The molecule has 268 valence electrons. The number of allylic oxidation sites excluding steroid dienone is 5. The second-order valence-corrected chi connectivity index (χ2v) is 15.3. The second-order valence-electron chi connectivity index (χ2n) is 15.3. The molecule has 3 N–H and O–H groups in total. The van der Waals surface area contributed by atoms with Crippen LogP contribution in [0.25, 0.3) is 82.2 Å². The summed E-state index contributed by atoms with van der Waals surface area (Å²) in [6.07, 6.45) is 7.93. The van der Waals surface area contributed by atoms with Crippen LogP contribution in [0.5, 0.6) is 0 Å². The molecular weight excluding hydrogens is 689 g/mol. The maximum Gasteiger partial charge on any atom is 0.146 e. The van der Waals surface area contributed by atoms with Crippen LogP contribution in [0, 0.1) is 5.41 Å². The van der Waals surface area contributed by atoms with Crippen LogP contribution in [0.4, 0.5) is 0 Å². The highest BCUT2D eigenvalue weighted by molar-refractivity contribution is 6.22. The van der Waals surface area contributed by atoms with E-state index in [1.807, 2.05) is 18.2 Å². The van der Waals surface area contributed by atoms with Gasteiger partial charge < -0.3 is 10.7 Å². The number of quaternary nitrogens is 1. The van der Waals surface area contributed by atoms with E-state index >= 15 is 0 Å². The lowest BCUT2D eigenvalue weighted by atomic mass is 9.82. The smallest absolute Gasteiger partial charge is 0.146 e. The van der Waals surface area contributed by atoms with Crippen LogP contribution in [0.15, 0.2) is 206 Å². The van der Waals surface area contributed by atoms with Crippen LogP contribution in [-0.2, 0) is 0 Å². The van der Waals surface area contributed by atoms with Gasteiger partial charge >= 0.3 is 0 Å². The molecule has 11 rings (SSSR count). The number of fused-ring (bicyclic) bond motifs is 5. The lowest BCUT2D eigenvalue weighted by Gasteiger charge is -2.27. The fourth-order valence-electron chi connectivity index (χ4n) is 9.38. The van der Waals surface area contributed by atoms with Crippen molar-refractivity contribution in [3.8, 4) is 33.4 Å². The van der Waals surface area contributed by atoms with Crippen molar-refractivity contribution in [2.75, 3.05) is 6.54 Å². The van der Waals surface area contributed by atoms with E-state index in [1.54, 1.807) is 0 Å². The predicted molar refractivity (Wildman–Crippen MR) is 241 cm³/mol. The van der Waals surface area contributed by atoms with E-state index in [4.69, 9.17) is 5.41 Å². The Morgan fingerprint density at radius 3 is 1.67 bits per heavy atom. The Morgan fingerprint density at radius 1 is 0.439 bits per heavy atom. The summed E-state index contributed by atoms with van der Waals surface area (Å²) >= 11 is 0. The molecule has 2 aliphatic rings. The number of rotatable bonds is 4. The molecule has 1 aliphatic heterocycles. The third-order valence-corrected chi connectivity index (χ3v) is 12.1. The molecule has 57 heavy (non-hydrogen) atoms. The monoisotopic (exact) mass is 727 g/mol. The highest BCUT2D eigenvalue weighted by Crippen LogP contribution is 2.46. The highest BCUT2D eigenvalue weighted by Gasteiger charge is 2.30. The molecule has 0 radical (unpaired) electrons. The maximum atomic E-state index is 8.60. The van der Waals surface area contributed by atoms with E-state index in [1.165, 1.54) is 93.2 Å². The Morgan fingerprint density at radius 2 is 0.982 bits per heavy atom. The first kappa shape index (κ1) is 33.2. The number of hydrogen-bond donors (Lipinski definition) is 2. The molecule has 9 aromatic rings. The van der Waals surface area contributed by atoms with Gasteiger partial charge in [0.15, 0.2) is 0 Å². The van der Waals surface area contributed by atoms with Crippen LogP contribution in [-0.4, -0.2) is 12.3 Å². The van der Waals surface area contributed by atoms with Crippen molar-refractivity contribution in [1.82, 2.24) is 0 Å². The Bertz CT molecular complexity index is 3200. The van der Waals surface area contributed by atoms with Gasteiger partial charge in [0, 0.05) is 5.56 Å². The summed E-state index contributed by atoms with van der Waals surface area (Å²) in [6.45, 7) is 0.899. The molecule has 0 aromatic heterocycles. The zero-order valence-corrected chi connectivity index (χ0v) is 31.4. The van der Waals surface area contributed by atoms with Crippen molar-refractivity contribution in [3.05, 3.63) is 222 Å². The highest BCUT2D eigenvalue weighted by atomic mass is 14.9. The van der Waals surface area contributed by atoms with Crippen LogP contribution < -0.4 is 5.32 Å². The van der Waals surface area contributed by atoms with E-state index in [-0.39, 0.29) is 5.92 Å². The molecule has 0 amide bonds. The molecule has 1 unspecified atom stereocenters. The topological polar surface area (TPSA) is 40.5 Å². The van der Waals surface area contributed by atoms with Gasteiger partial charge in [0.1, 0.15) is 5.70 Å². The molecule has 1 aliphatic carbocycles. The minimum atomic E-state index is 0.254.